The molecule has 25 heavy (non-hydrogen) atoms. The Labute approximate surface area is 144 Å². The van der Waals surface area contributed by atoms with Gasteiger partial charge in [-0.3, -0.25) is 5.10 Å². The minimum Gasteiger partial charge on any atom is -0.388 e. The number of benzene rings is 1. The van der Waals surface area contributed by atoms with Gasteiger partial charge in [-0.05, 0) is 43.9 Å². The van der Waals surface area contributed by atoms with E-state index in [0.29, 0.717) is 12.1 Å². The molecule has 1 saturated heterocycles. The second kappa shape index (κ2) is 6.40. The molecule has 6 nitrogen and oxygen atoms in total. The zero-order valence-electron chi connectivity index (χ0n) is 14.0. The Balaban J connectivity index is 1.60. The Morgan fingerprint density at radius 3 is 2.92 bits per heavy atom. The number of hydrogen-bond donors (Lipinski definition) is 2. The van der Waals surface area contributed by atoms with Crippen LogP contribution in [-0.2, 0) is 0 Å². The van der Waals surface area contributed by atoms with Crippen LogP contribution in [0.3, 0.4) is 0 Å². The first-order valence-electron chi connectivity index (χ1n) is 8.49. The van der Waals surface area contributed by atoms with Gasteiger partial charge in [-0.15, -0.1) is 0 Å². The summed E-state index contributed by atoms with van der Waals surface area (Å²) >= 11 is 0. The van der Waals surface area contributed by atoms with Gasteiger partial charge in [0.05, 0.1) is 11.5 Å². The number of halogens is 1. The van der Waals surface area contributed by atoms with Crippen LogP contribution >= 0.6 is 0 Å². The number of rotatable bonds is 4. The van der Waals surface area contributed by atoms with Crippen molar-refractivity contribution in [3.05, 3.63) is 47.7 Å². The highest BCUT2D eigenvalue weighted by Gasteiger charge is 2.30. The minimum absolute atomic E-state index is 0.174. The van der Waals surface area contributed by atoms with Crippen molar-refractivity contribution in [2.75, 3.05) is 11.4 Å². The molecular formula is C18H20FN5O. The fourth-order valence-corrected chi connectivity index (χ4v) is 3.64. The largest absolute Gasteiger partial charge is 0.388 e. The molecule has 1 aliphatic heterocycles. The van der Waals surface area contributed by atoms with Crippen molar-refractivity contribution in [1.29, 1.82) is 0 Å². The third kappa shape index (κ3) is 2.95. The fraction of sp³-hybridized carbons (Fsp3) is 0.389. The number of nitrogens with zero attached hydrogens (tertiary/aromatic N) is 4. The lowest BCUT2D eigenvalue weighted by molar-refractivity contribution is 0.158. The van der Waals surface area contributed by atoms with Crippen LogP contribution in [0.15, 0.2) is 30.6 Å². The predicted octanol–water partition coefficient (Wildman–Crippen LogP) is 2.89. The van der Waals surface area contributed by atoms with Crippen molar-refractivity contribution in [3.8, 4) is 0 Å². The van der Waals surface area contributed by atoms with Crippen molar-refractivity contribution < 1.29 is 9.50 Å². The highest BCUT2D eigenvalue weighted by Crippen LogP contribution is 2.34. The molecule has 2 N–H and O–H groups in total. The van der Waals surface area contributed by atoms with Crippen LogP contribution < -0.4 is 4.90 Å². The van der Waals surface area contributed by atoms with Gasteiger partial charge < -0.3 is 10.0 Å². The minimum atomic E-state index is -0.631. The standard InChI is InChI=1S/C18H20FN5O/c1-11-16-17(23-22-11)20-10-21-18(16)24-8-2-3-14(24)9-15(25)12-4-6-13(19)7-5-12/h4-7,10,14-15,25H,2-3,8-9H2,1H3,(H,20,21,22,23). The number of hydrogen-bond acceptors (Lipinski definition) is 5. The van der Waals surface area contributed by atoms with Crippen molar-refractivity contribution in [2.24, 2.45) is 0 Å². The molecule has 2 atom stereocenters. The third-order valence-corrected chi connectivity index (χ3v) is 4.91. The van der Waals surface area contributed by atoms with E-state index in [4.69, 9.17) is 0 Å². The highest BCUT2D eigenvalue weighted by atomic mass is 19.1. The van der Waals surface area contributed by atoms with Gasteiger partial charge in [0.15, 0.2) is 5.65 Å². The summed E-state index contributed by atoms with van der Waals surface area (Å²) in [6.45, 7) is 2.85. The topological polar surface area (TPSA) is 77.9 Å². The number of anilines is 1. The van der Waals surface area contributed by atoms with E-state index in [0.717, 1.165) is 41.8 Å². The number of aliphatic hydroxyl groups excluding tert-OH is 1. The molecule has 0 radical (unpaired) electrons. The molecule has 7 heteroatoms. The molecular weight excluding hydrogens is 321 g/mol. The van der Waals surface area contributed by atoms with Crippen LogP contribution in [0.4, 0.5) is 10.2 Å². The maximum atomic E-state index is 13.1. The van der Waals surface area contributed by atoms with E-state index in [1.807, 2.05) is 6.92 Å². The average molecular weight is 341 g/mol. The molecule has 1 aromatic carbocycles. The van der Waals surface area contributed by atoms with Gasteiger partial charge in [0.25, 0.3) is 0 Å². The Morgan fingerprint density at radius 1 is 1.32 bits per heavy atom. The van der Waals surface area contributed by atoms with Gasteiger partial charge >= 0.3 is 0 Å². The summed E-state index contributed by atoms with van der Waals surface area (Å²) in [4.78, 5) is 10.9. The van der Waals surface area contributed by atoms with Gasteiger partial charge in [0.2, 0.25) is 0 Å². The van der Waals surface area contributed by atoms with Crippen LogP contribution in [0.1, 0.15) is 36.6 Å². The Kier molecular flexibility index (Phi) is 4.09. The summed E-state index contributed by atoms with van der Waals surface area (Å²) in [7, 11) is 0. The molecule has 130 valence electrons. The van der Waals surface area contributed by atoms with E-state index < -0.39 is 6.10 Å². The number of H-pyrrole nitrogens is 1. The smallest absolute Gasteiger partial charge is 0.186 e. The SMILES string of the molecule is Cc1[nH]nc2ncnc(N3CCCC3CC(O)c3ccc(F)cc3)c12. The first kappa shape index (κ1) is 16.0. The molecule has 1 fully saturated rings. The van der Waals surface area contributed by atoms with Crippen molar-refractivity contribution in [3.63, 3.8) is 0 Å². The Hall–Kier alpha value is -2.54. The fourth-order valence-electron chi connectivity index (χ4n) is 3.64. The van der Waals surface area contributed by atoms with Gasteiger partial charge in [0.1, 0.15) is 18.0 Å². The lowest BCUT2D eigenvalue weighted by Gasteiger charge is -2.28. The number of aromatic amines is 1. The highest BCUT2D eigenvalue weighted by molar-refractivity contribution is 5.89. The summed E-state index contributed by atoms with van der Waals surface area (Å²) in [5.41, 5.74) is 2.34. The summed E-state index contributed by atoms with van der Waals surface area (Å²) in [5, 5.41) is 18.7. The monoisotopic (exact) mass is 341 g/mol. The molecule has 0 saturated carbocycles. The van der Waals surface area contributed by atoms with E-state index >= 15 is 0 Å². The van der Waals surface area contributed by atoms with Gasteiger partial charge in [-0.2, -0.15) is 5.10 Å². The quantitative estimate of drug-likeness (QED) is 0.763. The van der Waals surface area contributed by atoms with Gasteiger partial charge in [-0.25, -0.2) is 14.4 Å². The van der Waals surface area contributed by atoms with Crippen LogP contribution in [0.5, 0.6) is 0 Å². The lowest BCUT2D eigenvalue weighted by Crippen LogP contribution is -2.31. The number of aliphatic hydroxyl groups is 1. The van der Waals surface area contributed by atoms with Crippen LogP contribution in [0, 0.1) is 12.7 Å². The summed E-state index contributed by atoms with van der Waals surface area (Å²) in [6.07, 6.45) is 3.51. The van der Waals surface area contributed by atoms with Crippen molar-refractivity contribution >= 4 is 16.9 Å². The number of aromatic nitrogens is 4. The molecule has 4 rings (SSSR count). The zero-order chi connectivity index (χ0) is 17.4. The molecule has 3 heterocycles. The molecule has 0 spiro atoms. The third-order valence-electron chi connectivity index (χ3n) is 4.91. The van der Waals surface area contributed by atoms with E-state index in [2.05, 4.69) is 25.1 Å². The predicted molar refractivity (Wildman–Crippen MR) is 92.8 cm³/mol. The average Bonchev–Trinajstić information content (AvgIpc) is 3.22. The molecule has 0 aliphatic carbocycles. The second-order valence-electron chi connectivity index (χ2n) is 6.54. The van der Waals surface area contributed by atoms with Crippen molar-refractivity contribution in [2.45, 2.75) is 38.3 Å². The first-order chi connectivity index (χ1) is 12.1. The first-order valence-corrected chi connectivity index (χ1v) is 8.49. The van der Waals surface area contributed by atoms with Crippen LogP contribution in [0.25, 0.3) is 11.0 Å². The summed E-state index contributed by atoms with van der Waals surface area (Å²) in [5.74, 6) is 0.572. The molecule has 3 aromatic rings. The molecule has 0 amide bonds. The van der Waals surface area contributed by atoms with E-state index in [1.54, 1.807) is 12.1 Å². The summed E-state index contributed by atoms with van der Waals surface area (Å²) < 4.78 is 13.1. The van der Waals surface area contributed by atoms with E-state index in [9.17, 15) is 9.50 Å². The van der Waals surface area contributed by atoms with Crippen molar-refractivity contribution in [1.82, 2.24) is 20.2 Å². The van der Waals surface area contributed by atoms with Crippen LogP contribution in [0.2, 0.25) is 0 Å². The zero-order valence-corrected chi connectivity index (χ0v) is 14.0. The summed E-state index contributed by atoms with van der Waals surface area (Å²) in [6, 6.07) is 6.22. The molecule has 0 bridgehead atoms. The van der Waals surface area contributed by atoms with E-state index in [1.165, 1.54) is 18.5 Å². The molecule has 1 aliphatic rings. The van der Waals surface area contributed by atoms with E-state index in [-0.39, 0.29) is 11.9 Å². The number of aryl methyl sites for hydroxylation is 1. The van der Waals surface area contributed by atoms with Crippen LogP contribution in [-0.4, -0.2) is 37.9 Å². The second-order valence-corrected chi connectivity index (χ2v) is 6.54. The molecule has 2 unspecified atom stereocenters. The van der Waals surface area contributed by atoms with Gasteiger partial charge in [0, 0.05) is 18.3 Å². The maximum Gasteiger partial charge on any atom is 0.186 e. The Morgan fingerprint density at radius 2 is 2.12 bits per heavy atom. The lowest BCUT2D eigenvalue weighted by atomic mass is 10.0. The number of nitrogens with one attached hydrogen (secondary N) is 1. The maximum absolute atomic E-state index is 13.1. The normalized spacial score (nSPS) is 18.8. The van der Waals surface area contributed by atoms with Gasteiger partial charge in [-0.1, -0.05) is 12.1 Å². The molecule has 2 aromatic heterocycles. The Bertz CT molecular complexity index is 879. The number of fused-ring (bicyclic) bond motifs is 1.